The summed E-state index contributed by atoms with van der Waals surface area (Å²) in [6.45, 7) is 1.95. The maximum Gasteiger partial charge on any atom is 0.136 e. The molecule has 0 aliphatic rings. The van der Waals surface area contributed by atoms with E-state index < -0.39 is 0 Å². The molecule has 100 valence electrons. The van der Waals surface area contributed by atoms with Crippen LogP contribution < -0.4 is 11.1 Å². The molecule has 0 atom stereocenters. The monoisotopic (exact) mass is 316 g/mol. The Morgan fingerprint density at radius 3 is 2.42 bits per heavy atom. The van der Waals surface area contributed by atoms with Gasteiger partial charge >= 0.3 is 0 Å². The quantitative estimate of drug-likeness (QED) is 0.827. The number of hydrogen-bond donors (Lipinski definition) is 2. The molecule has 1 aromatic heterocycles. The number of nitrogens with two attached hydrogens (primary N) is 1. The maximum absolute atomic E-state index is 6.08. The number of aryl methyl sites for hydroxylation is 1. The normalized spacial score (nSPS) is 10.5. The van der Waals surface area contributed by atoms with Crippen LogP contribution in [-0.4, -0.2) is 9.97 Å². The van der Waals surface area contributed by atoms with Crippen LogP contribution in [0.3, 0.4) is 0 Å². The molecule has 3 N–H and O–H groups in total. The lowest BCUT2D eigenvalue weighted by atomic mass is 10.3. The molecule has 0 radical (unpaired) electrons. The Bertz CT molecular complexity index is 616. The number of benzene rings is 1. The fourth-order valence-electron chi connectivity index (χ4n) is 1.50. The molecule has 7 heteroatoms. The molecule has 2 aromatic rings. The molecule has 0 saturated heterocycles. The van der Waals surface area contributed by atoms with Crippen molar-refractivity contribution in [2.24, 2.45) is 0 Å². The SMILES string of the molecule is CCc1nc(N)cc(Nc2cc(Cl)c(Cl)cc2Cl)n1. The van der Waals surface area contributed by atoms with E-state index >= 15 is 0 Å². The number of nitrogens with zero attached hydrogens (tertiary/aromatic N) is 2. The molecule has 2 rings (SSSR count). The summed E-state index contributed by atoms with van der Waals surface area (Å²) in [6, 6.07) is 4.83. The molecule has 19 heavy (non-hydrogen) atoms. The highest BCUT2D eigenvalue weighted by Gasteiger charge is 2.08. The smallest absolute Gasteiger partial charge is 0.136 e. The Kier molecular flexibility index (Phi) is 4.34. The van der Waals surface area contributed by atoms with Crippen LogP contribution in [0.1, 0.15) is 12.7 Å². The van der Waals surface area contributed by atoms with Crippen molar-refractivity contribution in [2.45, 2.75) is 13.3 Å². The second-order valence-electron chi connectivity index (χ2n) is 3.82. The lowest BCUT2D eigenvalue weighted by Gasteiger charge is -2.10. The number of halogens is 3. The van der Waals surface area contributed by atoms with E-state index in [1.165, 1.54) is 0 Å². The Morgan fingerprint density at radius 1 is 1.05 bits per heavy atom. The average Bonchev–Trinajstić information content (AvgIpc) is 2.35. The molecular formula is C12H11Cl3N4. The Labute approximate surface area is 125 Å². The second kappa shape index (κ2) is 5.82. The van der Waals surface area contributed by atoms with Crippen LogP contribution in [0.25, 0.3) is 0 Å². The van der Waals surface area contributed by atoms with Gasteiger partial charge in [0.2, 0.25) is 0 Å². The van der Waals surface area contributed by atoms with Crippen LogP contribution in [0.2, 0.25) is 15.1 Å². The molecule has 0 fully saturated rings. The third kappa shape index (κ3) is 3.41. The Hall–Kier alpha value is -1.23. The predicted octanol–water partition coefficient (Wildman–Crippen LogP) is 4.33. The first-order valence-corrected chi connectivity index (χ1v) is 6.68. The maximum atomic E-state index is 6.08. The second-order valence-corrected chi connectivity index (χ2v) is 5.04. The van der Waals surface area contributed by atoms with Gasteiger partial charge in [-0.15, -0.1) is 0 Å². The molecule has 0 aliphatic heterocycles. The van der Waals surface area contributed by atoms with Gasteiger partial charge in [0.25, 0.3) is 0 Å². The summed E-state index contributed by atoms with van der Waals surface area (Å²) < 4.78 is 0. The Morgan fingerprint density at radius 2 is 1.74 bits per heavy atom. The van der Waals surface area contributed by atoms with Gasteiger partial charge in [0.15, 0.2) is 0 Å². The highest BCUT2D eigenvalue weighted by atomic mass is 35.5. The topological polar surface area (TPSA) is 63.8 Å². The van der Waals surface area contributed by atoms with Crippen LogP contribution in [0.5, 0.6) is 0 Å². The summed E-state index contributed by atoms with van der Waals surface area (Å²) in [6.07, 6.45) is 0.689. The van der Waals surface area contributed by atoms with E-state index in [9.17, 15) is 0 Å². The predicted molar refractivity (Wildman–Crippen MR) is 80.6 cm³/mol. The average molecular weight is 318 g/mol. The molecule has 1 heterocycles. The molecular weight excluding hydrogens is 307 g/mol. The molecule has 4 nitrogen and oxygen atoms in total. The van der Waals surface area contributed by atoms with Gasteiger partial charge in [-0.3, -0.25) is 0 Å². The van der Waals surface area contributed by atoms with Crippen molar-refractivity contribution >= 4 is 52.1 Å². The van der Waals surface area contributed by atoms with Crippen LogP contribution in [0.4, 0.5) is 17.3 Å². The minimum Gasteiger partial charge on any atom is -0.384 e. The zero-order valence-electron chi connectivity index (χ0n) is 10.0. The van der Waals surface area contributed by atoms with Crippen molar-refractivity contribution < 1.29 is 0 Å². The largest absolute Gasteiger partial charge is 0.384 e. The van der Waals surface area contributed by atoms with Crippen molar-refractivity contribution in [2.75, 3.05) is 11.1 Å². The van der Waals surface area contributed by atoms with E-state index in [-0.39, 0.29) is 0 Å². The van der Waals surface area contributed by atoms with Gasteiger partial charge in [0.1, 0.15) is 17.5 Å². The first-order valence-electron chi connectivity index (χ1n) is 5.54. The number of aromatic nitrogens is 2. The fourth-order valence-corrected chi connectivity index (χ4v) is 2.09. The summed E-state index contributed by atoms with van der Waals surface area (Å²) in [5, 5.41) is 4.30. The molecule has 0 amide bonds. The standard InChI is InChI=1S/C12H11Cl3N4/c1-2-11-18-10(16)5-12(19-11)17-9-4-7(14)6(13)3-8(9)15/h3-5H,2H2,1H3,(H3,16,17,18,19). The molecule has 0 saturated carbocycles. The van der Waals surface area contributed by atoms with E-state index in [1.54, 1.807) is 18.2 Å². The van der Waals surface area contributed by atoms with E-state index in [0.717, 1.165) is 0 Å². The fraction of sp³-hybridized carbons (Fsp3) is 0.167. The van der Waals surface area contributed by atoms with Gasteiger partial charge < -0.3 is 11.1 Å². The summed E-state index contributed by atoms with van der Waals surface area (Å²) in [4.78, 5) is 8.40. The van der Waals surface area contributed by atoms with Gasteiger partial charge in [0, 0.05) is 12.5 Å². The third-order valence-corrected chi connectivity index (χ3v) is 3.42. The van der Waals surface area contributed by atoms with Gasteiger partial charge in [-0.2, -0.15) is 0 Å². The molecule has 0 bridgehead atoms. The highest BCUT2D eigenvalue weighted by Crippen LogP contribution is 2.33. The summed E-state index contributed by atoms with van der Waals surface area (Å²) >= 11 is 17.9. The number of rotatable bonds is 3. The molecule has 0 unspecified atom stereocenters. The highest BCUT2D eigenvalue weighted by molar-refractivity contribution is 6.44. The van der Waals surface area contributed by atoms with Crippen LogP contribution >= 0.6 is 34.8 Å². The van der Waals surface area contributed by atoms with Crippen molar-refractivity contribution in [1.29, 1.82) is 0 Å². The minimum absolute atomic E-state index is 0.394. The summed E-state index contributed by atoms with van der Waals surface area (Å²) in [7, 11) is 0. The lowest BCUT2D eigenvalue weighted by Crippen LogP contribution is -2.03. The third-order valence-electron chi connectivity index (χ3n) is 2.38. The van der Waals surface area contributed by atoms with Gasteiger partial charge in [-0.25, -0.2) is 9.97 Å². The van der Waals surface area contributed by atoms with E-state index in [0.29, 0.717) is 44.6 Å². The van der Waals surface area contributed by atoms with Crippen LogP contribution in [0.15, 0.2) is 18.2 Å². The first-order chi connectivity index (χ1) is 8.99. The van der Waals surface area contributed by atoms with E-state index in [4.69, 9.17) is 40.5 Å². The van der Waals surface area contributed by atoms with Gasteiger partial charge in [-0.05, 0) is 12.1 Å². The molecule has 1 aromatic carbocycles. The minimum atomic E-state index is 0.394. The first kappa shape index (κ1) is 14.2. The number of nitrogens with one attached hydrogen (secondary N) is 1. The van der Waals surface area contributed by atoms with Crippen molar-refractivity contribution in [3.05, 3.63) is 39.1 Å². The molecule has 0 aliphatic carbocycles. The number of nitrogen functional groups attached to an aromatic ring is 1. The lowest BCUT2D eigenvalue weighted by molar-refractivity contribution is 0.948. The van der Waals surface area contributed by atoms with Crippen LogP contribution in [0, 0.1) is 0 Å². The van der Waals surface area contributed by atoms with E-state index in [1.807, 2.05) is 6.92 Å². The van der Waals surface area contributed by atoms with Crippen LogP contribution in [-0.2, 0) is 6.42 Å². The summed E-state index contributed by atoms with van der Waals surface area (Å²) in [5.41, 5.74) is 6.32. The number of anilines is 3. The van der Waals surface area contributed by atoms with Crippen molar-refractivity contribution in [3.63, 3.8) is 0 Å². The Balaban J connectivity index is 2.36. The van der Waals surface area contributed by atoms with Crippen molar-refractivity contribution in [3.8, 4) is 0 Å². The molecule has 0 spiro atoms. The van der Waals surface area contributed by atoms with E-state index in [2.05, 4.69) is 15.3 Å². The summed E-state index contributed by atoms with van der Waals surface area (Å²) in [5.74, 6) is 1.61. The van der Waals surface area contributed by atoms with Crippen molar-refractivity contribution in [1.82, 2.24) is 9.97 Å². The number of hydrogen-bond acceptors (Lipinski definition) is 4. The van der Waals surface area contributed by atoms with Gasteiger partial charge in [0.05, 0.1) is 20.8 Å². The van der Waals surface area contributed by atoms with Gasteiger partial charge in [-0.1, -0.05) is 41.7 Å². The zero-order valence-corrected chi connectivity index (χ0v) is 12.3. The zero-order chi connectivity index (χ0) is 14.0.